The van der Waals surface area contributed by atoms with E-state index in [9.17, 15) is 13.2 Å². The van der Waals surface area contributed by atoms with Crippen LogP contribution in [0.5, 0.6) is 0 Å². The summed E-state index contributed by atoms with van der Waals surface area (Å²) >= 11 is 0. The predicted octanol–water partition coefficient (Wildman–Crippen LogP) is 5.03. The molecule has 1 aliphatic heterocycles. The van der Waals surface area contributed by atoms with Crippen molar-refractivity contribution in [3.8, 4) is 0 Å². The molecule has 1 amide bonds. The second-order valence-electron chi connectivity index (χ2n) is 8.47. The number of nitrogens with one attached hydrogen (secondary N) is 1. The number of hydrogen-bond donors (Lipinski definition) is 1. The third kappa shape index (κ3) is 4.30. The number of rotatable bonds is 8. The molecule has 0 radical (unpaired) electrons. The summed E-state index contributed by atoms with van der Waals surface area (Å²) in [7, 11) is -3.58. The number of benzene rings is 3. The van der Waals surface area contributed by atoms with E-state index >= 15 is 0 Å². The van der Waals surface area contributed by atoms with Gasteiger partial charge in [0.2, 0.25) is 5.91 Å². The number of sulfonamides is 1. The standard InChI is InChI=1S/C25H28N2O3S/c1-18(2)17-21(19-9-4-3-5-10-19)26-24(28)15-8-16-27-22-13-6-11-20-12-7-14-23(25(20)22)31(27,29)30/h3-7,9-14,18,21H,8,15-17H2,1-2H3,(H,26,28)/t21-/m1/s1. The van der Waals surface area contributed by atoms with E-state index < -0.39 is 10.0 Å². The van der Waals surface area contributed by atoms with Crippen molar-refractivity contribution in [3.63, 3.8) is 0 Å². The van der Waals surface area contributed by atoms with Gasteiger partial charge in [0.25, 0.3) is 10.0 Å². The predicted molar refractivity (Wildman–Crippen MR) is 124 cm³/mol. The van der Waals surface area contributed by atoms with E-state index in [1.807, 2.05) is 54.6 Å². The van der Waals surface area contributed by atoms with Crippen molar-refractivity contribution in [1.82, 2.24) is 5.32 Å². The summed E-state index contributed by atoms with van der Waals surface area (Å²) in [6.07, 6.45) is 1.59. The highest BCUT2D eigenvalue weighted by Gasteiger charge is 2.35. The van der Waals surface area contributed by atoms with Crippen molar-refractivity contribution in [3.05, 3.63) is 72.3 Å². The molecule has 1 heterocycles. The van der Waals surface area contributed by atoms with Crippen LogP contribution in [0.2, 0.25) is 0 Å². The van der Waals surface area contributed by atoms with E-state index in [-0.39, 0.29) is 24.9 Å². The fourth-order valence-corrected chi connectivity index (χ4v) is 6.03. The highest BCUT2D eigenvalue weighted by Crippen LogP contribution is 2.41. The highest BCUT2D eigenvalue weighted by molar-refractivity contribution is 7.93. The van der Waals surface area contributed by atoms with Crippen LogP contribution in [-0.4, -0.2) is 20.9 Å². The molecule has 5 nitrogen and oxygen atoms in total. The summed E-state index contributed by atoms with van der Waals surface area (Å²) in [6.45, 7) is 4.56. The van der Waals surface area contributed by atoms with Crippen LogP contribution in [0.25, 0.3) is 10.8 Å². The number of carbonyl (C=O) groups is 1. The first-order valence-corrected chi connectivity index (χ1v) is 12.2. The monoisotopic (exact) mass is 436 g/mol. The molecular formula is C25H28N2O3S. The summed E-state index contributed by atoms with van der Waals surface area (Å²) in [4.78, 5) is 13.0. The Morgan fingerprint density at radius 1 is 0.968 bits per heavy atom. The van der Waals surface area contributed by atoms with Gasteiger partial charge in [-0.25, -0.2) is 8.42 Å². The van der Waals surface area contributed by atoms with Crippen molar-refractivity contribution in [2.75, 3.05) is 10.8 Å². The van der Waals surface area contributed by atoms with Crippen molar-refractivity contribution >= 4 is 32.4 Å². The zero-order chi connectivity index (χ0) is 22.0. The van der Waals surface area contributed by atoms with Crippen LogP contribution in [0.1, 0.15) is 44.7 Å². The van der Waals surface area contributed by atoms with E-state index in [0.717, 1.165) is 22.8 Å². The lowest BCUT2D eigenvalue weighted by molar-refractivity contribution is -0.122. The van der Waals surface area contributed by atoms with Gasteiger partial charge >= 0.3 is 0 Å². The molecule has 3 aromatic carbocycles. The average molecular weight is 437 g/mol. The minimum Gasteiger partial charge on any atom is -0.349 e. The Labute approximate surface area is 184 Å². The molecule has 1 atom stereocenters. The molecule has 3 aromatic rings. The van der Waals surface area contributed by atoms with Gasteiger partial charge in [-0.3, -0.25) is 9.10 Å². The SMILES string of the molecule is CC(C)C[C@@H](NC(=O)CCCN1c2cccc3cccc(c23)S1(=O)=O)c1ccccc1. The molecule has 0 bridgehead atoms. The first-order valence-electron chi connectivity index (χ1n) is 10.8. The Morgan fingerprint density at radius 3 is 2.39 bits per heavy atom. The lowest BCUT2D eigenvalue weighted by Crippen LogP contribution is -2.32. The molecule has 0 unspecified atom stereocenters. The largest absolute Gasteiger partial charge is 0.349 e. The van der Waals surface area contributed by atoms with E-state index in [2.05, 4.69) is 19.2 Å². The van der Waals surface area contributed by atoms with Gasteiger partial charge < -0.3 is 5.32 Å². The summed E-state index contributed by atoms with van der Waals surface area (Å²) < 4.78 is 27.5. The Kier molecular flexibility index (Phi) is 6.01. The van der Waals surface area contributed by atoms with Gasteiger partial charge in [-0.15, -0.1) is 0 Å². The fraction of sp³-hybridized carbons (Fsp3) is 0.320. The first-order chi connectivity index (χ1) is 14.9. The van der Waals surface area contributed by atoms with Gasteiger partial charge in [0.05, 0.1) is 16.6 Å². The summed E-state index contributed by atoms with van der Waals surface area (Å²) in [5.74, 6) is 0.390. The molecule has 1 N–H and O–H groups in total. The maximum Gasteiger partial charge on any atom is 0.265 e. The number of amides is 1. The van der Waals surface area contributed by atoms with Crippen molar-refractivity contribution < 1.29 is 13.2 Å². The molecule has 0 fully saturated rings. The highest BCUT2D eigenvalue weighted by atomic mass is 32.2. The van der Waals surface area contributed by atoms with Crippen LogP contribution in [0.4, 0.5) is 5.69 Å². The minimum atomic E-state index is -3.58. The van der Waals surface area contributed by atoms with Crippen LogP contribution < -0.4 is 9.62 Å². The van der Waals surface area contributed by atoms with E-state index in [4.69, 9.17) is 0 Å². The Hall–Kier alpha value is -2.86. The molecule has 6 heteroatoms. The Bertz CT molecular complexity index is 1180. The normalized spacial score (nSPS) is 15.4. The number of hydrogen-bond acceptors (Lipinski definition) is 3. The van der Waals surface area contributed by atoms with E-state index in [1.54, 1.807) is 12.1 Å². The van der Waals surface area contributed by atoms with Gasteiger partial charge in [0.1, 0.15) is 0 Å². The van der Waals surface area contributed by atoms with Gasteiger partial charge in [0.15, 0.2) is 0 Å². The molecule has 4 rings (SSSR count). The van der Waals surface area contributed by atoms with Crippen molar-refractivity contribution in [2.24, 2.45) is 5.92 Å². The molecule has 0 aromatic heterocycles. The number of anilines is 1. The van der Waals surface area contributed by atoms with Crippen LogP contribution >= 0.6 is 0 Å². The lowest BCUT2D eigenvalue weighted by atomic mass is 9.97. The van der Waals surface area contributed by atoms with E-state index in [1.165, 1.54) is 4.31 Å². The Morgan fingerprint density at radius 2 is 1.68 bits per heavy atom. The van der Waals surface area contributed by atoms with Crippen LogP contribution in [-0.2, 0) is 14.8 Å². The smallest absolute Gasteiger partial charge is 0.265 e. The topological polar surface area (TPSA) is 66.5 Å². The zero-order valence-electron chi connectivity index (χ0n) is 17.9. The zero-order valence-corrected chi connectivity index (χ0v) is 18.7. The van der Waals surface area contributed by atoms with Crippen LogP contribution in [0.3, 0.4) is 0 Å². The first kappa shape index (κ1) is 21.4. The number of nitrogens with zero attached hydrogens (tertiary/aromatic N) is 1. The van der Waals surface area contributed by atoms with Crippen LogP contribution in [0, 0.1) is 5.92 Å². The molecule has 0 aliphatic carbocycles. The van der Waals surface area contributed by atoms with Crippen molar-refractivity contribution in [1.29, 1.82) is 0 Å². The Balaban J connectivity index is 1.42. The summed E-state index contributed by atoms with van der Waals surface area (Å²) in [5.41, 5.74) is 1.80. The quantitative estimate of drug-likeness (QED) is 0.538. The molecule has 0 saturated carbocycles. The maximum absolute atomic E-state index is 13.1. The maximum atomic E-state index is 13.1. The second kappa shape index (κ2) is 8.71. The van der Waals surface area contributed by atoms with Gasteiger partial charge in [-0.1, -0.05) is 68.4 Å². The van der Waals surface area contributed by atoms with E-state index in [0.29, 0.717) is 22.9 Å². The molecular weight excluding hydrogens is 408 g/mol. The minimum absolute atomic E-state index is 0.0396. The summed E-state index contributed by atoms with van der Waals surface area (Å²) in [6, 6.07) is 20.9. The van der Waals surface area contributed by atoms with Crippen LogP contribution in [0.15, 0.2) is 71.6 Å². The molecule has 31 heavy (non-hydrogen) atoms. The van der Waals surface area contributed by atoms with Gasteiger partial charge in [-0.2, -0.15) is 0 Å². The molecule has 0 saturated heterocycles. The van der Waals surface area contributed by atoms with Crippen molar-refractivity contribution in [2.45, 2.75) is 44.0 Å². The summed E-state index contributed by atoms with van der Waals surface area (Å²) in [5, 5.41) is 4.83. The fourth-order valence-electron chi connectivity index (χ4n) is 4.28. The number of carbonyl (C=O) groups excluding carboxylic acids is 1. The third-order valence-electron chi connectivity index (χ3n) is 5.69. The molecule has 1 aliphatic rings. The lowest BCUT2D eigenvalue weighted by Gasteiger charge is -2.22. The average Bonchev–Trinajstić information content (AvgIpc) is 2.97. The third-order valence-corrected chi connectivity index (χ3v) is 7.55. The van der Waals surface area contributed by atoms with Gasteiger partial charge in [-0.05, 0) is 41.8 Å². The molecule has 162 valence electrons. The van der Waals surface area contributed by atoms with Gasteiger partial charge in [0, 0.05) is 18.4 Å². The molecule has 0 spiro atoms. The second-order valence-corrected chi connectivity index (χ2v) is 10.3.